The second-order valence-corrected chi connectivity index (χ2v) is 10.0. The summed E-state index contributed by atoms with van der Waals surface area (Å²) >= 11 is 18.6. The van der Waals surface area contributed by atoms with Gasteiger partial charge < -0.3 is 14.8 Å². The van der Waals surface area contributed by atoms with Crippen LogP contribution >= 0.6 is 47.2 Å². The summed E-state index contributed by atoms with van der Waals surface area (Å²) in [6.07, 6.45) is 4.38. The molecule has 1 aliphatic rings. The molecule has 0 unspecified atom stereocenters. The van der Waals surface area contributed by atoms with Crippen LogP contribution in [0.15, 0.2) is 41.3 Å². The van der Waals surface area contributed by atoms with E-state index in [-0.39, 0.29) is 11.8 Å². The highest BCUT2D eigenvalue weighted by molar-refractivity contribution is 8.26. The fraction of sp³-hybridized carbons (Fsp3) is 0.292. The van der Waals surface area contributed by atoms with Gasteiger partial charge in [-0.3, -0.25) is 14.5 Å². The number of carbonyl (C=O) groups is 2. The summed E-state index contributed by atoms with van der Waals surface area (Å²) in [5.74, 6) is 0.994. The number of thioether (sulfide) groups is 1. The second kappa shape index (κ2) is 12.4. The molecule has 0 spiro atoms. The number of anilines is 1. The molecular formula is C24H24Cl2N2O4S2. The molecule has 2 aromatic carbocycles. The standard InChI is InChI=1S/C24H24Cl2N2O4S2/c1-31-19-8-7-15(10-20(19)32-2)11-21-23(30)28(24(33)34-21)9-5-3-4-6-22(29)27-18-13-16(25)12-17(26)14-18/h7-8,10-14H,3-6,9H2,1-2H3,(H,27,29)/b21-11-. The number of hydrogen-bond donors (Lipinski definition) is 1. The third-order valence-corrected chi connectivity index (χ3v) is 6.83. The van der Waals surface area contributed by atoms with Gasteiger partial charge in [0.2, 0.25) is 5.91 Å². The Bertz CT molecular complexity index is 1100. The van der Waals surface area contributed by atoms with Gasteiger partial charge in [0.15, 0.2) is 11.5 Å². The highest BCUT2D eigenvalue weighted by atomic mass is 35.5. The molecule has 0 aromatic heterocycles. The second-order valence-electron chi connectivity index (χ2n) is 7.46. The maximum absolute atomic E-state index is 12.8. The minimum Gasteiger partial charge on any atom is -0.493 e. The predicted octanol–water partition coefficient (Wildman–Crippen LogP) is 6.41. The van der Waals surface area contributed by atoms with Crippen LogP contribution in [0.5, 0.6) is 11.5 Å². The summed E-state index contributed by atoms with van der Waals surface area (Å²) in [7, 11) is 3.14. The maximum atomic E-state index is 12.8. The molecule has 1 aliphatic heterocycles. The number of ether oxygens (including phenoxy) is 2. The topological polar surface area (TPSA) is 67.9 Å². The zero-order valence-electron chi connectivity index (χ0n) is 18.7. The van der Waals surface area contributed by atoms with Crippen LogP contribution in [-0.4, -0.2) is 41.8 Å². The van der Waals surface area contributed by atoms with Crippen molar-refractivity contribution in [2.45, 2.75) is 25.7 Å². The van der Waals surface area contributed by atoms with Gasteiger partial charge in [0.25, 0.3) is 5.91 Å². The monoisotopic (exact) mass is 538 g/mol. The predicted molar refractivity (Wildman–Crippen MR) is 143 cm³/mol. The molecule has 3 rings (SSSR count). The van der Waals surface area contributed by atoms with E-state index in [0.717, 1.165) is 18.4 Å². The Morgan fingerprint density at radius 1 is 1.06 bits per heavy atom. The summed E-state index contributed by atoms with van der Waals surface area (Å²) in [5, 5.41) is 3.72. The van der Waals surface area contributed by atoms with Crippen molar-refractivity contribution >= 4 is 75.1 Å². The normalized spacial score (nSPS) is 14.6. The third-order valence-electron chi connectivity index (χ3n) is 5.01. The maximum Gasteiger partial charge on any atom is 0.266 e. The lowest BCUT2D eigenvalue weighted by molar-refractivity contribution is -0.122. The largest absolute Gasteiger partial charge is 0.493 e. The van der Waals surface area contributed by atoms with Crippen LogP contribution in [0.4, 0.5) is 5.69 Å². The number of thiocarbonyl (C=S) groups is 1. The molecule has 6 nitrogen and oxygen atoms in total. The first-order valence-corrected chi connectivity index (χ1v) is 12.5. The lowest BCUT2D eigenvalue weighted by Crippen LogP contribution is -2.29. The quantitative estimate of drug-likeness (QED) is 0.214. The van der Waals surface area contributed by atoms with Crippen molar-refractivity contribution in [1.82, 2.24) is 4.90 Å². The zero-order valence-corrected chi connectivity index (χ0v) is 21.9. The van der Waals surface area contributed by atoms with Crippen LogP contribution in [0.2, 0.25) is 10.0 Å². The molecule has 1 heterocycles. The first-order chi connectivity index (χ1) is 16.3. The number of rotatable bonds is 10. The van der Waals surface area contributed by atoms with Crippen LogP contribution < -0.4 is 14.8 Å². The zero-order chi connectivity index (χ0) is 24.7. The molecule has 0 radical (unpaired) electrons. The molecule has 1 fully saturated rings. The summed E-state index contributed by atoms with van der Waals surface area (Å²) in [5.41, 5.74) is 1.39. The van der Waals surface area contributed by atoms with Crippen molar-refractivity contribution in [1.29, 1.82) is 0 Å². The van der Waals surface area contributed by atoms with E-state index in [0.29, 0.717) is 55.8 Å². The van der Waals surface area contributed by atoms with E-state index in [4.69, 9.17) is 44.9 Å². The van der Waals surface area contributed by atoms with Crippen LogP contribution in [0.1, 0.15) is 31.2 Å². The SMILES string of the molecule is COc1ccc(/C=C2\SC(=S)N(CCCCCC(=O)Nc3cc(Cl)cc(Cl)c3)C2=O)cc1OC. The van der Waals surface area contributed by atoms with E-state index in [2.05, 4.69) is 5.32 Å². The van der Waals surface area contributed by atoms with Gasteiger partial charge in [0.05, 0.1) is 19.1 Å². The lowest BCUT2D eigenvalue weighted by atomic mass is 10.1. The average Bonchev–Trinajstić information content (AvgIpc) is 3.05. The molecule has 10 heteroatoms. The van der Waals surface area contributed by atoms with Crippen molar-refractivity contribution in [2.75, 3.05) is 26.1 Å². The summed E-state index contributed by atoms with van der Waals surface area (Å²) < 4.78 is 11.1. The molecule has 34 heavy (non-hydrogen) atoms. The van der Waals surface area contributed by atoms with Gasteiger partial charge in [0.1, 0.15) is 4.32 Å². The van der Waals surface area contributed by atoms with E-state index in [9.17, 15) is 9.59 Å². The number of carbonyl (C=O) groups excluding carboxylic acids is 2. The molecule has 0 saturated carbocycles. The highest BCUT2D eigenvalue weighted by Crippen LogP contribution is 2.35. The van der Waals surface area contributed by atoms with Crippen molar-refractivity contribution in [3.8, 4) is 11.5 Å². The molecule has 2 amide bonds. The molecule has 1 N–H and O–H groups in total. The fourth-order valence-electron chi connectivity index (χ4n) is 3.37. The molecule has 0 aliphatic carbocycles. The van der Waals surface area contributed by atoms with Gasteiger partial charge in [0, 0.05) is 28.7 Å². The van der Waals surface area contributed by atoms with Crippen LogP contribution in [0.3, 0.4) is 0 Å². The summed E-state index contributed by atoms with van der Waals surface area (Å²) in [6.45, 7) is 0.513. The number of halogens is 2. The van der Waals surface area contributed by atoms with Gasteiger partial charge in [-0.25, -0.2) is 0 Å². The Hall–Kier alpha value is -2.26. The van der Waals surface area contributed by atoms with Gasteiger partial charge in [-0.15, -0.1) is 0 Å². The van der Waals surface area contributed by atoms with E-state index in [1.807, 2.05) is 12.1 Å². The summed E-state index contributed by atoms with van der Waals surface area (Å²) in [6, 6.07) is 10.4. The summed E-state index contributed by atoms with van der Waals surface area (Å²) in [4.78, 5) is 27.2. The van der Waals surface area contributed by atoms with Crippen molar-refractivity contribution in [3.05, 3.63) is 56.9 Å². The third kappa shape index (κ3) is 7.12. The van der Waals surface area contributed by atoms with Crippen molar-refractivity contribution in [3.63, 3.8) is 0 Å². The molecular weight excluding hydrogens is 515 g/mol. The Morgan fingerprint density at radius 2 is 1.76 bits per heavy atom. The molecule has 0 bridgehead atoms. The van der Waals surface area contributed by atoms with E-state index < -0.39 is 0 Å². The lowest BCUT2D eigenvalue weighted by Gasteiger charge is -2.14. The number of nitrogens with one attached hydrogen (secondary N) is 1. The van der Waals surface area contributed by atoms with Gasteiger partial charge in [-0.2, -0.15) is 0 Å². The number of hydrogen-bond acceptors (Lipinski definition) is 6. The first kappa shape index (κ1) is 26.3. The Labute approximate surface area is 218 Å². The van der Waals surface area contributed by atoms with Crippen LogP contribution in [0.25, 0.3) is 6.08 Å². The van der Waals surface area contributed by atoms with Crippen molar-refractivity contribution in [2.24, 2.45) is 0 Å². The minimum absolute atomic E-state index is 0.109. The number of methoxy groups -OCH3 is 2. The number of benzene rings is 2. The molecule has 180 valence electrons. The smallest absolute Gasteiger partial charge is 0.266 e. The number of unbranched alkanes of at least 4 members (excludes halogenated alkanes) is 2. The van der Waals surface area contributed by atoms with Crippen molar-refractivity contribution < 1.29 is 19.1 Å². The first-order valence-electron chi connectivity index (χ1n) is 10.5. The average molecular weight is 540 g/mol. The van der Waals surface area contributed by atoms with Crippen LogP contribution in [-0.2, 0) is 9.59 Å². The van der Waals surface area contributed by atoms with Crippen LogP contribution in [0, 0.1) is 0 Å². The van der Waals surface area contributed by atoms with Gasteiger partial charge in [-0.1, -0.05) is 59.7 Å². The fourth-order valence-corrected chi connectivity index (χ4v) is 5.20. The van der Waals surface area contributed by atoms with E-state index in [1.54, 1.807) is 49.5 Å². The molecule has 0 atom stereocenters. The van der Waals surface area contributed by atoms with E-state index >= 15 is 0 Å². The minimum atomic E-state index is -0.111. The Balaban J connectivity index is 1.46. The Morgan fingerprint density at radius 3 is 2.44 bits per heavy atom. The molecule has 2 aromatic rings. The van der Waals surface area contributed by atoms with Gasteiger partial charge in [-0.05, 0) is 54.8 Å². The molecule has 1 saturated heterocycles. The highest BCUT2D eigenvalue weighted by Gasteiger charge is 2.31. The van der Waals surface area contributed by atoms with Gasteiger partial charge >= 0.3 is 0 Å². The number of nitrogens with zero attached hydrogens (tertiary/aromatic N) is 1. The Kier molecular flexibility index (Phi) is 9.64. The van der Waals surface area contributed by atoms with E-state index in [1.165, 1.54) is 11.8 Å². The number of amides is 2.